The molecule has 1 rings (SSSR count). The second-order valence-corrected chi connectivity index (χ2v) is 4.68. The molecule has 0 radical (unpaired) electrons. The fraction of sp³-hybridized carbons (Fsp3) is 1.00. The van der Waals surface area contributed by atoms with Gasteiger partial charge in [0.25, 0.3) is 0 Å². The van der Waals surface area contributed by atoms with Crippen molar-refractivity contribution in [3.63, 3.8) is 0 Å². The molecule has 0 saturated carbocycles. The van der Waals surface area contributed by atoms with Crippen molar-refractivity contribution in [3.8, 4) is 0 Å². The maximum atomic E-state index is 5.57. The van der Waals surface area contributed by atoms with E-state index in [-0.39, 0.29) is 5.54 Å². The number of hydrogen-bond donors (Lipinski definition) is 0. The maximum absolute atomic E-state index is 5.57. The highest BCUT2D eigenvalue weighted by Crippen LogP contribution is 2.22. The number of hydrogen-bond acceptors (Lipinski definition) is 2. The molecule has 0 aromatic rings. The maximum Gasteiger partial charge on any atom is 0.0700 e. The van der Waals surface area contributed by atoms with E-state index in [0.717, 1.165) is 13.2 Å². The van der Waals surface area contributed by atoms with Crippen molar-refractivity contribution in [2.75, 3.05) is 13.2 Å². The third-order valence-electron chi connectivity index (χ3n) is 2.75. The van der Waals surface area contributed by atoms with Crippen LogP contribution in [0, 0.1) is 0 Å². The van der Waals surface area contributed by atoms with Gasteiger partial charge in [0.2, 0.25) is 0 Å². The molecule has 0 aromatic heterocycles. The first kappa shape index (κ1) is 10.0. The monoisotopic (exact) mass is 171 g/mol. The Hall–Kier alpha value is -0.0800. The lowest BCUT2D eigenvalue weighted by atomic mass is 10.00. The molecule has 2 unspecified atom stereocenters. The average Bonchev–Trinajstić information content (AvgIpc) is 1.92. The fourth-order valence-corrected chi connectivity index (χ4v) is 1.88. The summed E-state index contributed by atoms with van der Waals surface area (Å²) in [6, 6.07) is 0.541. The van der Waals surface area contributed by atoms with E-state index >= 15 is 0 Å². The van der Waals surface area contributed by atoms with Gasteiger partial charge in [-0.05, 0) is 34.6 Å². The standard InChI is InChI=1S/C10H21NO/c1-8-9(2)12-7-6-11(8)10(3,4)5/h8-9H,6-7H2,1-5H3. The molecule has 0 amide bonds. The lowest BCUT2D eigenvalue weighted by molar-refractivity contribution is -0.0870. The van der Waals surface area contributed by atoms with Crippen molar-refractivity contribution in [2.45, 2.75) is 52.3 Å². The van der Waals surface area contributed by atoms with Gasteiger partial charge in [0, 0.05) is 18.1 Å². The van der Waals surface area contributed by atoms with Gasteiger partial charge in [-0.15, -0.1) is 0 Å². The first-order valence-corrected chi connectivity index (χ1v) is 4.81. The van der Waals surface area contributed by atoms with E-state index in [1.54, 1.807) is 0 Å². The third-order valence-corrected chi connectivity index (χ3v) is 2.75. The van der Waals surface area contributed by atoms with Crippen LogP contribution in [0.3, 0.4) is 0 Å². The van der Waals surface area contributed by atoms with E-state index in [2.05, 4.69) is 39.5 Å². The number of ether oxygens (including phenoxy) is 1. The Kier molecular flexibility index (Phi) is 2.79. The van der Waals surface area contributed by atoms with Crippen molar-refractivity contribution in [3.05, 3.63) is 0 Å². The highest BCUT2D eigenvalue weighted by Gasteiger charge is 2.32. The van der Waals surface area contributed by atoms with Gasteiger partial charge in [-0.2, -0.15) is 0 Å². The van der Waals surface area contributed by atoms with Crippen molar-refractivity contribution in [2.24, 2.45) is 0 Å². The molecular formula is C10H21NO. The third kappa shape index (κ3) is 1.99. The molecule has 1 aliphatic heterocycles. The molecule has 0 aromatic carbocycles. The van der Waals surface area contributed by atoms with Gasteiger partial charge in [-0.1, -0.05) is 0 Å². The van der Waals surface area contributed by atoms with Gasteiger partial charge in [0.1, 0.15) is 0 Å². The van der Waals surface area contributed by atoms with Gasteiger partial charge in [-0.25, -0.2) is 0 Å². The molecule has 12 heavy (non-hydrogen) atoms. The summed E-state index contributed by atoms with van der Waals surface area (Å²) in [6.07, 6.45) is 0.373. The summed E-state index contributed by atoms with van der Waals surface area (Å²) in [5, 5.41) is 0. The Balaban J connectivity index is 2.64. The topological polar surface area (TPSA) is 12.5 Å². The van der Waals surface area contributed by atoms with Crippen LogP contribution in [0.1, 0.15) is 34.6 Å². The summed E-state index contributed by atoms with van der Waals surface area (Å²) >= 11 is 0. The fourth-order valence-electron chi connectivity index (χ4n) is 1.88. The molecule has 1 heterocycles. The van der Waals surface area contributed by atoms with Gasteiger partial charge >= 0.3 is 0 Å². The molecule has 1 fully saturated rings. The van der Waals surface area contributed by atoms with E-state index in [4.69, 9.17) is 4.74 Å². The summed E-state index contributed by atoms with van der Waals surface area (Å²) in [7, 11) is 0. The van der Waals surface area contributed by atoms with Gasteiger partial charge in [0.05, 0.1) is 12.7 Å². The van der Waals surface area contributed by atoms with Gasteiger partial charge < -0.3 is 4.74 Å². The molecule has 1 saturated heterocycles. The number of morpholine rings is 1. The molecule has 0 spiro atoms. The molecule has 0 bridgehead atoms. The quantitative estimate of drug-likeness (QED) is 0.552. The van der Waals surface area contributed by atoms with Crippen LogP contribution in [0.4, 0.5) is 0 Å². The molecule has 0 N–H and O–H groups in total. The first-order chi connectivity index (χ1) is 5.43. The normalized spacial score (nSPS) is 33.8. The van der Waals surface area contributed by atoms with Gasteiger partial charge in [-0.3, -0.25) is 4.90 Å². The zero-order valence-corrected chi connectivity index (χ0v) is 8.92. The number of nitrogens with zero attached hydrogens (tertiary/aromatic N) is 1. The summed E-state index contributed by atoms with van der Waals surface area (Å²) < 4.78 is 5.57. The zero-order valence-electron chi connectivity index (χ0n) is 8.92. The Morgan fingerprint density at radius 1 is 1.25 bits per heavy atom. The smallest absolute Gasteiger partial charge is 0.0700 e. The summed E-state index contributed by atoms with van der Waals surface area (Å²) in [5.41, 5.74) is 0.275. The summed E-state index contributed by atoms with van der Waals surface area (Å²) in [5.74, 6) is 0. The second kappa shape index (κ2) is 3.35. The summed E-state index contributed by atoms with van der Waals surface area (Å²) in [6.45, 7) is 13.1. The number of rotatable bonds is 0. The lowest BCUT2D eigenvalue weighted by Crippen LogP contribution is -2.56. The highest BCUT2D eigenvalue weighted by atomic mass is 16.5. The van der Waals surface area contributed by atoms with E-state index < -0.39 is 0 Å². The largest absolute Gasteiger partial charge is 0.376 e. The van der Waals surface area contributed by atoms with Crippen LogP contribution < -0.4 is 0 Å². The van der Waals surface area contributed by atoms with Crippen LogP contribution in [0.15, 0.2) is 0 Å². The van der Waals surface area contributed by atoms with E-state index in [1.165, 1.54) is 0 Å². The second-order valence-electron chi connectivity index (χ2n) is 4.68. The van der Waals surface area contributed by atoms with Crippen LogP contribution in [0.5, 0.6) is 0 Å². The van der Waals surface area contributed by atoms with Crippen molar-refractivity contribution in [1.29, 1.82) is 0 Å². The molecule has 72 valence electrons. The minimum Gasteiger partial charge on any atom is -0.376 e. The lowest BCUT2D eigenvalue weighted by Gasteiger charge is -2.45. The molecule has 0 aliphatic carbocycles. The highest BCUT2D eigenvalue weighted by molar-refractivity contribution is 4.86. The first-order valence-electron chi connectivity index (χ1n) is 4.81. The molecule has 2 heteroatoms. The van der Waals surface area contributed by atoms with E-state index in [9.17, 15) is 0 Å². The SMILES string of the molecule is CC1OCCN(C(C)(C)C)C1C. The van der Waals surface area contributed by atoms with Crippen molar-refractivity contribution >= 4 is 0 Å². The van der Waals surface area contributed by atoms with E-state index in [0.29, 0.717) is 12.1 Å². The average molecular weight is 171 g/mol. The predicted octanol–water partition coefficient (Wildman–Crippen LogP) is 1.89. The minimum atomic E-state index is 0.275. The Morgan fingerprint density at radius 3 is 2.25 bits per heavy atom. The van der Waals surface area contributed by atoms with Crippen LogP contribution in [0.25, 0.3) is 0 Å². The molecule has 2 atom stereocenters. The van der Waals surface area contributed by atoms with Crippen LogP contribution in [-0.2, 0) is 4.74 Å². The molecular weight excluding hydrogens is 150 g/mol. The van der Waals surface area contributed by atoms with Crippen molar-refractivity contribution in [1.82, 2.24) is 4.90 Å². The predicted molar refractivity (Wildman–Crippen MR) is 51.3 cm³/mol. The van der Waals surface area contributed by atoms with Crippen LogP contribution in [-0.4, -0.2) is 35.7 Å². The molecule has 1 aliphatic rings. The minimum absolute atomic E-state index is 0.275. The zero-order chi connectivity index (χ0) is 9.35. The molecule has 2 nitrogen and oxygen atoms in total. The van der Waals surface area contributed by atoms with E-state index in [1.807, 2.05) is 0 Å². The van der Waals surface area contributed by atoms with Gasteiger partial charge in [0.15, 0.2) is 0 Å². The van der Waals surface area contributed by atoms with Crippen molar-refractivity contribution < 1.29 is 4.74 Å². The van der Waals surface area contributed by atoms with Crippen LogP contribution in [0.2, 0.25) is 0 Å². The van der Waals surface area contributed by atoms with Crippen LogP contribution >= 0.6 is 0 Å². The Labute approximate surface area is 75.9 Å². The Morgan fingerprint density at radius 2 is 1.83 bits per heavy atom. The Bertz CT molecular complexity index is 150. The summed E-state index contributed by atoms with van der Waals surface area (Å²) in [4.78, 5) is 2.52.